The highest BCUT2D eigenvalue weighted by Gasteiger charge is 2.33. The Kier molecular flexibility index (Phi) is 4.48. The van der Waals surface area contributed by atoms with Crippen molar-refractivity contribution < 1.29 is 12.8 Å². The number of hydrogen-bond acceptors (Lipinski definition) is 7. The summed E-state index contributed by atoms with van der Waals surface area (Å²) in [5.74, 6) is 1.95. The molecule has 0 radical (unpaired) electrons. The summed E-state index contributed by atoms with van der Waals surface area (Å²) in [6, 6.07) is 11.3. The molecular formula is C20H22N6O3S. The third-order valence-corrected chi connectivity index (χ3v) is 7.53. The van der Waals surface area contributed by atoms with Gasteiger partial charge in [0, 0.05) is 31.1 Å². The zero-order chi connectivity index (χ0) is 20.9. The molecule has 5 rings (SSSR count). The summed E-state index contributed by atoms with van der Waals surface area (Å²) in [4.78, 5) is 7.01. The van der Waals surface area contributed by atoms with Gasteiger partial charge in [-0.05, 0) is 38.1 Å². The van der Waals surface area contributed by atoms with E-state index in [-0.39, 0.29) is 11.8 Å². The van der Waals surface area contributed by atoms with Gasteiger partial charge in [0.25, 0.3) is 0 Å². The first kappa shape index (κ1) is 19.0. The van der Waals surface area contributed by atoms with Gasteiger partial charge in [-0.3, -0.25) is 0 Å². The SMILES string of the molecule is CCS(=O)(=O)N1CCN(c2nc3ccccc3c3nnc(-c4ccco4)n23)C[C@H]1C. The van der Waals surface area contributed by atoms with Crippen LogP contribution in [0.5, 0.6) is 0 Å². The monoisotopic (exact) mass is 426 g/mol. The van der Waals surface area contributed by atoms with Crippen LogP contribution >= 0.6 is 0 Å². The Labute approximate surface area is 174 Å². The van der Waals surface area contributed by atoms with Crippen molar-refractivity contribution in [2.45, 2.75) is 19.9 Å². The first-order chi connectivity index (χ1) is 14.5. The Hall–Kier alpha value is -2.98. The number of fused-ring (bicyclic) bond motifs is 3. The van der Waals surface area contributed by atoms with E-state index in [1.165, 1.54) is 0 Å². The average Bonchev–Trinajstić information content (AvgIpc) is 3.42. The van der Waals surface area contributed by atoms with Crippen molar-refractivity contribution in [2.75, 3.05) is 30.3 Å². The summed E-state index contributed by atoms with van der Waals surface area (Å²) in [5, 5.41) is 9.70. The average molecular weight is 427 g/mol. The van der Waals surface area contributed by atoms with E-state index in [0.29, 0.717) is 42.8 Å². The molecule has 0 bridgehead atoms. The molecule has 3 aromatic heterocycles. The number of hydrogen-bond donors (Lipinski definition) is 0. The molecule has 4 aromatic rings. The maximum absolute atomic E-state index is 12.4. The maximum Gasteiger partial charge on any atom is 0.214 e. The number of benzene rings is 1. The van der Waals surface area contributed by atoms with Crippen LogP contribution in [0.15, 0.2) is 47.1 Å². The number of furan rings is 1. The summed E-state index contributed by atoms with van der Waals surface area (Å²) in [6.45, 7) is 5.06. The molecule has 4 heterocycles. The van der Waals surface area contributed by atoms with Crippen LogP contribution in [0.1, 0.15) is 13.8 Å². The summed E-state index contributed by atoms with van der Waals surface area (Å²) in [5.41, 5.74) is 1.51. The normalized spacial score (nSPS) is 18.5. The molecule has 0 spiro atoms. The maximum atomic E-state index is 12.4. The van der Waals surface area contributed by atoms with Crippen LogP contribution in [0, 0.1) is 0 Å². The van der Waals surface area contributed by atoms with Crippen LogP contribution in [0.25, 0.3) is 28.1 Å². The van der Waals surface area contributed by atoms with E-state index in [1.807, 2.05) is 41.7 Å². The Balaban J connectivity index is 1.66. The van der Waals surface area contributed by atoms with Crippen molar-refractivity contribution in [1.82, 2.24) is 23.9 Å². The van der Waals surface area contributed by atoms with Gasteiger partial charge in [-0.25, -0.2) is 17.8 Å². The van der Waals surface area contributed by atoms with Crippen LogP contribution in [0.2, 0.25) is 0 Å². The van der Waals surface area contributed by atoms with Crippen molar-refractivity contribution in [3.8, 4) is 11.6 Å². The molecule has 0 saturated carbocycles. The van der Waals surface area contributed by atoms with E-state index in [4.69, 9.17) is 9.40 Å². The molecule has 30 heavy (non-hydrogen) atoms. The summed E-state index contributed by atoms with van der Waals surface area (Å²) in [6.07, 6.45) is 1.60. The number of aromatic nitrogens is 4. The number of anilines is 1. The van der Waals surface area contributed by atoms with Gasteiger partial charge in [0.1, 0.15) is 0 Å². The summed E-state index contributed by atoms with van der Waals surface area (Å²) >= 11 is 0. The molecule has 0 N–H and O–H groups in total. The zero-order valence-electron chi connectivity index (χ0n) is 16.8. The number of sulfonamides is 1. The molecular weight excluding hydrogens is 404 g/mol. The first-order valence-corrected chi connectivity index (χ1v) is 11.5. The molecule has 0 unspecified atom stereocenters. The van der Waals surface area contributed by atoms with Gasteiger partial charge >= 0.3 is 0 Å². The van der Waals surface area contributed by atoms with Crippen LogP contribution in [0.4, 0.5) is 5.95 Å². The summed E-state index contributed by atoms with van der Waals surface area (Å²) < 4.78 is 33.9. The molecule has 1 aliphatic rings. The fraction of sp³-hybridized carbons (Fsp3) is 0.350. The molecule has 1 aromatic carbocycles. The van der Waals surface area contributed by atoms with E-state index < -0.39 is 10.0 Å². The lowest BCUT2D eigenvalue weighted by Gasteiger charge is -2.39. The van der Waals surface area contributed by atoms with Gasteiger partial charge in [0.2, 0.25) is 21.8 Å². The molecule has 0 amide bonds. The van der Waals surface area contributed by atoms with Crippen LogP contribution < -0.4 is 4.90 Å². The van der Waals surface area contributed by atoms with Crippen LogP contribution in [-0.2, 0) is 10.0 Å². The lowest BCUT2D eigenvalue weighted by molar-refractivity contribution is 0.305. The van der Waals surface area contributed by atoms with E-state index in [2.05, 4.69) is 15.1 Å². The third-order valence-electron chi connectivity index (χ3n) is 5.54. The lowest BCUT2D eigenvalue weighted by Crippen LogP contribution is -2.54. The molecule has 9 nitrogen and oxygen atoms in total. The second kappa shape index (κ2) is 7.06. The van der Waals surface area contributed by atoms with Gasteiger partial charge in [-0.1, -0.05) is 12.1 Å². The number of nitrogens with zero attached hydrogens (tertiary/aromatic N) is 6. The van der Waals surface area contributed by atoms with Gasteiger partial charge in [0.15, 0.2) is 11.4 Å². The fourth-order valence-electron chi connectivity index (χ4n) is 4.05. The Morgan fingerprint density at radius 1 is 1.13 bits per heavy atom. The van der Waals surface area contributed by atoms with Gasteiger partial charge in [-0.15, -0.1) is 10.2 Å². The first-order valence-electron chi connectivity index (χ1n) is 9.92. The highest BCUT2D eigenvalue weighted by atomic mass is 32.2. The predicted octanol–water partition coefficient (Wildman–Crippen LogP) is 2.40. The van der Waals surface area contributed by atoms with Crippen molar-refractivity contribution in [1.29, 1.82) is 0 Å². The van der Waals surface area contributed by atoms with Crippen molar-refractivity contribution in [3.63, 3.8) is 0 Å². The standard InChI is InChI=1S/C20H22N6O3S/c1-3-30(27,28)25-11-10-24(13-14(25)2)20-21-16-8-5-4-7-15(16)18-22-23-19(26(18)20)17-9-6-12-29-17/h4-9,12,14H,3,10-11,13H2,1-2H3/t14-/m1/s1. The van der Waals surface area contributed by atoms with Crippen LogP contribution in [-0.4, -0.2) is 63.7 Å². The van der Waals surface area contributed by atoms with E-state index >= 15 is 0 Å². The molecule has 1 fully saturated rings. The minimum atomic E-state index is -3.25. The minimum Gasteiger partial charge on any atom is -0.461 e. The molecule has 10 heteroatoms. The largest absolute Gasteiger partial charge is 0.461 e. The van der Waals surface area contributed by atoms with Crippen molar-refractivity contribution in [2.24, 2.45) is 0 Å². The highest BCUT2D eigenvalue weighted by molar-refractivity contribution is 7.89. The smallest absolute Gasteiger partial charge is 0.214 e. The second-order valence-electron chi connectivity index (χ2n) is 7.40. The van der Waals surface area contributed by atoms with Crippen molar-refractivity contribution in [3.05, 3.63) is 42.7 Å². The third kappa shape index (κ3) is 2.94. The minimum absolute atomic E-state index is 0.101. The second-order valence-corrected chi connectivity index (χ2v) is 9.61. The summed E-state index contributed by atoms with van der Waals surface area (Å²) in [7, 11) is -3.25. The van der Waals surface area contributed by atoms with E-state index in [0.717, 1.165) is 10.9 Å². The molecule has 0 aliphatic carbocycles. The zero-order valence-corrected chi connectivity index (χ0v) is 17.6. The van der Waals surface area contributed by atoms with Gasteiger partial charge < -0.3 is 9.32 Å². The van der Waals surface area contributed by atoms with Gasteiger partial charge in [0.05, 0.1) is 17.5 Å². The molecule has 1 saturated heterocycles. The highest BCUT2D eigenvalue weighted by Crippen LogP contribution is 2.30. The number of para-hydroxylation sites is 1. The van der Waals surface area contributed by atoms with E-state index in [1.54, 1.807) is 23.6 Å². The predicted molar refractivity (Wildman–Crippen MR) is 114 cm³/mol. The van der Waals surface area contributed by atoms with E-state index in [9.17, 15) is 8.42 Å². The van der Waals surface area contributed by atoms with Crippen LogP contribution in [0.3, 0.4) is 0 Å². The fourth-order valence-corrected chi connectivity index (χ4v) is 5.35. The Morgan fingerprint density at radius 3 is 2.70 bits per heavy atom. The van der Waals surface area contributed by atoms with Crippen molar-refractivity contribution >= 4 is 32.5 Å². The molecule has 1 aliphatic heterocycles. The molecule has 1 atom stereocenters. The topological polar surface area (TPSA) is 96.8 Å². The molecule has 156 valence electrons. The quantitative estimate of drug-likeness (QED) is 0.494. The lowest BCUT2D eigenvalue weighted by atomic mass is 10.2. The van der Waals surface area contributed by atoms with Gasteiger partial charge in [-0.2, -0.15) is 4.31 Å². The Morgan fingerprint density at radius 2 is 1.97 bits per heavy atom. The Bertz CT molecular complexity index is 1320. The number of rotatable bonds is 4. The number of piperazine rings is 1.